The highest BCUT2D eigenvalue weighted by molar-refractivity contribution is 5.76. The summed E-state index contributed by atoms with van der Waals surface area (Å²) in [5, 5.41) is 8.37. The highest BCUT2D eigenvalue weighted by Crippen LogP contribution is 1.98. The zero-order chi connectivity index (χ0) is 12.6. The van der Waals surface area contributed by atoms with Crippen molar-refractivity contribution >= 4 is 11.9 Å². The third-order valence-corrected chi connectivity index (χ3v) is 2.32. The van der Waals surface area contributed by atoms with Gasteiger partial charge in [0, 0.05) is 12.6 Å². The fourth-order valence-corrected chi connectivity index (χ4v) is 1.34. The van der Waals surface area contributed by atoms with Crippen molar-refractivity contribution in [2.45, 2.75) is 39.7 Å². The molecule has 0 unspecified atom stereocenters. The summed E-state index contributed by atoms with van der Waals surface area (Å²) in [5.41, 5.74) is 0. The first-order valence-electron chi connectivity index (χ1n) is 5.58. The molecule has 16 heavy (non-hydrogen) atoms. The van der Waals surface area contributed by atoms with Crippen molar-refractivity contribution in [1.82, 2.24) is 4.90 Å². The summed E-state index contributed by atoms with van der Waals surface area (Å²) in [6.45, 7) is 8.12. The quantitative estimate of drug-likeness (QED) is 0.634. The summed E-state index contributed by atoms with van der Waals surface area (Å²) in [6.07, 6.45) is -0.219. The highest BCUT2D eigenvalue weighted by Gasteiger charge is 2.09. The van der Waals surface area contributed by atoms with Crippen LogP contribution in [0.2, 0.25) is 0 Å². The molecule has 0 aromatic rings. The Labute approximate surface area is 96.4 Å². The van der Waals surface area contributed by atoms with Gasteiger partial charge in [0.15, 0.2) is 0 Å². The van der Waals surface area contributed by atoms with Crippen LogP contribution in [0.5, 0.6) is 0 Å². The number of likely N-dealkylation sites (N-methyl/N-ethyl adjacent to an activating group) is 1. The summed E-state index contributed by atoms with van der Waals surface area (Å²) < 4.78 is 4.93. The number of hydrogen-bond donors (Lipinski definition) is 1. The molecule has 5 nitrogen and oxygen atoms in total. The van der Waals surface area contributed by atoms with Gasteiger partial charge in [-0.25, -0.2) is 0 Å². The third kappa shape index (κ3) is 7.23. The molecule has 0 aliphatic carbocycles. The number of aliphatic carboxylic acids is 1. The molecule has 0 atom stereocenters. The Morgan fingerprint density at radius 1 is 1.31 bits per heavy atom. The Hall–Kier alpha value is -1.10. The van der Waals surface area contributed by atoms with Gasteiger partial charge >= 0.3 is 11.9 Å². The smallest absolute Gasteiger partial charge is 0.306 e. The first-order chi connectivity index (χ1) is 7.47. The third-order valence-electron chi connectivity index (χ3n) is 2.32. The number of esters is 1. The zero-order valence-electron chi connectivity index (χ0n) is 10.2. The molecule has 0 radical (unpaired) electrons. The Morgan fingerprint density at radius 2 is 1.94 bits per heavy atom. The average molecular weight is 231 g/mol. The fourth-order valence-electron chi connectivity index (χ4n) is 1.34. The van der Waals surface area contributed by atoms with E-state index in [0.717, 1.165) is 6.54 Å². The average Bonchev–Trinajstić information content (AvgIpc) is 2.20. The van der Waals surface area contributed by atoms with E-state index in [2.05, 4.69) is 18.7 Å². The summed E-state index contributed by atoms with van der Waals surface area (Å²) in [5.74, 6) is -1.42. The Bertz CT molecular complexity index is 228. The van der Waals surface area contributed by atoms with Crippen LogP contribution < -0.4 is 0 Å². The standard InChI is InChI=1S/C11H21NO4/c1-4-12(9(2)3)7-8-16-11(15)6-5-10(13)14/h9H,4-8H2,1-3H3,(H,13,14). The van der Waals surface area contributed by atoms with E-state index < -0.39 is 11.9 Å². The first-order valence-corrected chi connectivity index (χ1v) is 5.58. The van der Waals surface area contributed by atoms with Crippen LogP contribution in [0.4, 0.5) is 0 Å². The van der Waals surface area contributed by atoms with Crippen molar-refractivity contribution in [2.75, 3.05) is 19.7 Å². The lowest BCUT2D eigenvalue weighted by atomic mass is 10.3. The summed E-state index contributed by atoms with van der Waals surface area (Å²) in [4.78, 5) is 23.5. The van der Waals surface area contributed by atoms with Crippen molar-refractivity contribution in [3.05, 3.63) is 0 Å². The molecule has 0 fully saturated rings. The SMILES string of the molecule is CCN(CCOC(=O)CCC(=O)O)C(C)C. The summed E-state index contributed by atoms with van der Waals surface area (Å²) >= 11 is 0. The van der Waals surface area contributed by atoms with E-state index >= 15 is 0 Å². The lowest BCUT2D eigenvalue weighted by Crippen LogP contribution is -2.34. The van der Waals surface area contributed by atoms with Gasteiger partial charge in [-0.2, -0.15) is 0 Å². The van der Waals surface area contributed by atoms with Crippen LogP contribution in [0, 0.1) is 0 Å². The second kappa shape index (κ2) is 8.10. The molecule has 0 aromatic heterocycles. The first kappa shape index (κ1) is 14.9. The highest BCUT2D eigenvalue weighted by atomic mass is 16.5. The normalized spacial score (nSPS) is 10.8. The van der Waals surface area contributed by atoms with Crippen LogP contribution in [0.15, 0.2) is 0 Å². The molecule has 94 valence electrons. The second-order valence-corrected chi connectivity index (χ2v) is 3.84. The molecule has 0 spiro atoms. The van der Waals surface area contributed by atoms with Gasteiger partial charge < -0.3 is 9.84 Å². The Balaban J connectivity index is 3.64. The molecule has 0 saturated heterocycles. The number of carboxylic acid groups (broad SMARTS) is 1. The molecule has 0 aromatic carbocycles. The van der Waals surface area contributed by atoms with Gasteiger partial charge in [0.2, 0.25) is 0 Å². The molecule has 0 aliphatic heterocycles. The van der Waals surface area contributed by atoms with Crippen molar-refractivity contribution in [3.63, 3.8) is 0 Å². The maximum atomic E-state index is 11.1. The van der Waals surface area contributed by atoms with Gasteiger partial charge in [-0.15, -0.1) is 0 Å². The van der Waals surface area contributed by atoms with Crippen molar-refractivity contribution in [1.29, 1.82) is 0 Å². The van der Waals surface area contributed by atoms with E-state index in [1.807, 2.05) is 6.92 Å². The lowest BCUT2D eigenvalue weighted by Gasteiger charge is -2.24. The zero-order valence-corrected chi connectivity index (χ0v) is 10.2. The van der Waals surface area contributed by atoms with Crippen LogP contribution in [0.25, 0.3) is 0 Å². The minimum absolute atomic E-state index is 0.0524. The largest absolute Gasteiger partial charge is 0.481 e. The minimum atomic E-state index is -0.977. The maximum absolute atomic E-state index is 11.1. The van der Waals surface area contributed by atoms with Gasteiger partial charge in [0.1, 0.15) is 6.61 Å². The number of ether oxygens (including phenoxy) is 1. The van der Waals surface area contributed by atoms with Crippen LogP contribution in [0.3, 0.4) is 0 Å². The van der Waals surface area contributed by atoms with Crippen molar-refractivity contribution in [2.24, 2.45) is 0 Å². The predicted molar refractivity (Wildman–Crippen MR) is 60.2 cm³/mol. The van der Waals surface area contributed by atoms with E-state index in [4.69, 9.17) is 9.84 Å². The van der Waals surface area contributed by atoms with Crippen LogP contribution in [-0.4, -0.2) is 47.7 Å². The van der Waals surface area contributed by atoms with Gasteiger partial charge in [0.25, 0.3) is 0 Å². The van der Waals surface area contributed by atoms with Gasteiger partial charge in [-0.1, -0.05) is 6.92 Å². The van der Waals surface area contributed by atoms with Crippen LogP contribution in [-0.2, 0) is 14.3 Å². The van der Waals surface area contributed by atoms with Gasteiger partial charge in [-0.3, -0.25) is 14.5 Å². The van der Waals surface area contributed by atoms with Crippen LogP contribution >= 0.6 is 0 Å². The van der Waals surface area contributed by atoms with E-state index in [1.165, 1.54) is 0 Å². The molecule has 0 amide bonds. The summed E-state index contributed by atoms with van der Waals surface area (Å²) in [6, 6.07) is 0.419. The lowest BCUT2D eigenvalue weighted by molar-refractivity contribution is -0.148. The molecular weight excluding hydrogens is 210 g/mol. The van der Waals surface area contributed by atoms with E-state index in [9.17, 15) is 9.59 Å². The van der Waals surface area contributed by atoms with E-state index in [0.29, 0.717) is 19.2 Å². The van der Waals surface area contributed by atoms with Crippen molar-refractivity contribution < 1.29 is 19.4 Å². The molecule has 0 bridgehead atoms. The molecule has 0 heterocycles. The fraction of sp³-hybridized carbons (Fsp3) is 0.818. The predicted octanol–water partition coefficient (Wildman–Crippen LogP) is 1.12. The minimum Gasteiger partial charge on any atom is -0.481 e. The van der Waals surface area contributed by atoms with Gasteiger partial charge in [-0.05, 0) is 20.4 Å². The van der Waals surface area contributed by atoms with Gasteiger partial charge in [0.05, 0.1) is 12.8 Å². The monoisotopic (exact) mass is 231 g/mol. The summed E-state index contributed by atoms with van der Waals surface area (Å²) in [7, 11) is 0. The van der Waals surface area contributed by atoms with E-state index in [-0.39, 0.29) is 12.8 Å². The molecule has 1 N–H and O–H groups in total. The molecular formula is C11H21NO4. The second-order valence-electron chi connectivity index (χ2n) is 3.84. The number of hydrogen-bond acceptors (Lipinski definition) is 4. The van der Waals surface area contributed by atoms with E-state index in [1.54, 1.807) is 0 Å². The molecule has 0 rings (SSSR count). The number of carbonyl (C=O) groups is 2. The Kier molecular flexibility index (Phi) is 7.54. The maximum Gasteiger partial charge on any atom is 0.306 e. The number of nitrogens with zero attached hydrogens (tertiary/aromatic N) is 1. The van der Waals surface area contributed by atoms with Crippen LogP contribution in [0.1, 0.15) is 33.6 Å². The topological polar surface area (TPSA) is 66.8 Å². The Morgan fingerprint density at radius 3 is 2.38 bits per heavy atom. The molecule has 0 aliphatic rings. The number of carboxylic acids is 1. The number of carbonyl (C=O) groups excluding carboxylic acids is 1. The van der Waals surface area contributed by atoms with Crippen molar-refractivity contribution in [3.8, 4) is 0 Å². The number of rotatable bonds is 8. The molecule has 5 heteroatoms. The molecule has 0 saturated carbocycles.